The Kier molecular flexibility index (Phi) is 6.76. The molecule has 0 saturated carbocycles. The second-order valence-electron chi connectivity index (χ2n) is 4.60. The molecular weight excluding hydrogens is 254 g/mol. The summed E-state index contributed by atoms with van der Waals surface area (Å²) < 4.78 is 0. The van der Waals surface area contributed by atoms with Gasteiger partial charge in [0.05, 0.1) is 6.54 Å². The van der Waals surface area contributed by atoms with Crippen LogP contribution >= 0.6 is 0 Å². The van der Waals surface area contributed by atoms with E-state index < -0.39 is 0 Å². The van der Waals surface area contributed by atoms with Crippen molar-refractivity contribution in [3.63, 3.8) is 0 Å². The minimum absolute atomic E-state index is 0.0492. The molecule has 1 aromatic rings. The highest BCUT2D eigenvalue weighted by Gasteiger charge is 2.08. The van der Waals surface area contributed by atoms with Gasteiger partial charge in [-0.25, -0.2) is 9.97 Å². The molecule has 0 atom stereocenters. The van der Waals surface area contributed by atoms with Crippen LogP contribution in [0.25, 0.3) is 0 Å². The van der Waals surface area contributed by atoms with E-state index in [1.807, 2.05) is 19.9 Å². The Morgan fingerprint density at radius 2 is 1.85 bits per heavy atom. The molecule has 1 aromatic heterocycles. The largest absolute Gasteiger partial charge is 0.370 e. The number of rotatable bonds is 8. The molecule has 0 aliphatic carbocycles. The van der Waals surface area contributed by atoms with Crippen LogP contribution in [0.15, 0.2) is 6.07 Å². The fraction of sp³-hybridized carbons (Fsp3) is 0.643. The molecule has 0 aromatic carbocycles. The van der Waals surface area contributed by atoms with Crippen LogP contribution in [0.2, 0.25) is 0 Å². The zero-order chi connectivity index (χ0) is 15.0. The van der Waals surface area contributed by atoms with Gasteiger partial charge in [-0.05, 0) is 20.3 Å². The predicted molar refractivity (Wildman–Crippen MR) is 82.0 cm³/mol. The molecule has 0 bridgehead atoms. The summed E-state index contributed by atoms with van der Waals surface area (Å²) in [6.45, 7) is 7.82. The number of nitrogens with zero attached hydrogens (tertiary/aromatic N) is 3. The lowest BCUT2D eigenvalue weighted by Crippen LogP contribution is -2.32. The molecule has 112 valence electrons. The fourth-order valence-corrected chi connectivity index (χ4v) is 1.67. The van der Waals surface area contributed by atoms with Gasteiger partial charge in [-0.15, -0.1) is 0 Å². The molecule has 0 unspecified atom stereocenters. The predicted octanol–water partition coefficient (Wildman–Crippen LogP) is 1.75. The van der Waals surface area contributed by atoms with E-state index in [1.54, 1.807) is 11.9 Å². The third-order valence-corrected chi connectivity index (χ3v) is 2.92. The molecule has 6 nitrogen and oxygen atoms in total. The first kappa shape index (κ1) is 16.2. The number of hydrogen-bond donors (Lipinski definition) is 2. The minimum Gasteiger partial charge on any atom is -0.370 e. The van der Waals surface area contributed by atoms with Crippen LogP contribution in [0, 0.1) is 0 Å². The van der Waals surface area contributed by atoms with Gasteiger partial charge in [0.1, 0.15) is 17.5 Å². The van der Waals surface area contributed by atoms with Crippen molar-refractivity contribution >= 4 is 17.5 Å². The van der Waals surface area contributed by atoms with E-state index in [1.165, 1.54) is 0 Å². The number of anilines is 2. The van der Waals surface area contributed by atoms with Gasteiger partial charge in [0.15, 0.2) is 0 Å². The lowest BCUT2D eigenvalue weighted by Gasteiger charge is -2.15. The number of likely N-dealkylation sites (N-methyl/N-ethyl adjacent to an activating group) is 1. The quantitative estimate of drug-likeness (QED) is 0.758. The molecule has 0 radical (unpaired) electrons. The van der Waals surface area contributed by atoms with Crippen LogP contribution in [0.5, 0.6) is 0 Å². The summed E-state index contributed by atoms with van der Waals surface area (Å²) in [5.41, 5.74) is 0. The van der Waals surface area contributed by atoms with Gasteiger partial charge < -0.3 is 15.5 Å². The molecule has 1 rings (SSSR count). The second kappa shape index (κ2) is 8.35. The van der Waals surface area contributed by atoms with Gasteiger partial charge in [0, 0.05) is 32.6 Å². The summed E-state index contributed by atoms with van der Waals surface area (Å²) in [6.07, 6.45) is 1.82. The first-order chi connectivity index (χ1) is 9.60. The topological polar surface area (TPSA) is 70.2 Å². The molecule has 0 aliphatic rings. The van der Waals surface area contributed by atoms with Gasteiger partial charge >= 0.3 is 0 Å². The Hall–Kier alpha value is -1.85. The zero-order valence-electron chi connectivity index (χ0n) is 12.9. The SMILES string of the molecule is CCCc1nc(NCC)cc(NCC(=O)N(C)CC)n1. The molecule has 1 amide bonds. The van der Waals surface area contributed by atoms with E-state index in [4.69, 9.17) is 0 Å². The number of hydrogen-bond acceptors (Lipinski definition) is 5. The van der Waals surface area contributed by atoms with E-state index >= 15 is 0 Å². The highest BCUT2D eigenvalue weighted by atomic mass is 16.2. The van der Waals surface area contributed by atoms with Crippen LogP contribution in [-0.4, -0.2) is 47.5 Å². The third kappa shape index (κ3) is 5.03. The maximum absolute atomic E-state index is 11.8. The molecule has 0 fully saturated rings. The molecule has 0 spiro atoms. The Bertz CT molecular complexity index is 411. The summed E-state index contributed by atoms with van der Waals surface area (Å²) in [5, 5.41) is 6.26. The average Bonchev–Trinajstić information content (AvgIpc) is 2.44. The first-order valence-corrected chi connectivity index (χ1v) is 7.20. The lowest BCUT2D eigenvalue weighted by molar-refractivity contribution is -0.127. The number of nitrogens with one attached hydrogen (secondary N) is 2. The molecule has 6 heteroatoms. The van der Waals surface area contributed by atoms with Crippen molar-refractivity contribution in [1.29, 1.82) is 0 Å². The maximum Gasteiger partial charge on any atom is 0.241 e. The normalized spacial score (nSPS) is 10.2. The highest BCUT2D eigenvalue weighted by molar-refractivity contribution is 5.80. The van der Waals surface area contributed by atoms with Gasteiger partial charge in [-0.3, -0.25) is 4.79 Å². The van der Waals surface area contributed by atoms with Crippen molar-refractivity contribution in [3.8, 4) is 0 Å². The van der Waals surface area contributed by atoms with E-state index in [2.05, 4.69) is 27.5 Å². The Morgan fingerprint density at radius 1 is 1.20 bits per heavy atom. The lowest BCUT2D eigenvalue weighted by atomic mass is 10.3. The summed E-state index contributed by atoms with van der Waals surface area (Å²) in [5.74, 6) is 2.33. The van der Waals surface area contributed by atoms with E-state index in [0.717, 1.165) is 31.0 Å². The first-order valence-electron chi connectivity index (χ1n) is 7.20. The number of amides is 1. The fourth-order valence-electron chi connectivity index (χ4n) is 1.67. The highest BCUT2D eigenvalue weighted by Crippen LogP contribution is 2.12. The van der Waals surface area contributed by atoms with Crippen LogP contribution < -0.4 is 10.6 Å². The molecular formula is C14H25N5O. The third-order valence-electron chi connectivity index (χ3n) is 2.92. The smallest absolute Gasteiger partial charge is 0.241 e. The van der Waals surface area contributed by atoms with Gasteiger partial charge in [-0.2, -0.15) is 0 Å². The van der Waals surface area contributed by atoms with Crippen molar-refractivity contribution in [2.45, 2.75) is 33.6 Å². The summed E-state index contributed by atoms with van der Waals surface area (Å²) in [4.78, 5) is 22.3. The minimum atomic E-state index is 0.0492. The number of aromatic nitrogens is 2. The molecule has 2 N–H and O–H groups in total. The van der Waals surface area contributed by atoms with Crippen molar-refractivity contribution in [2.24, 2.45) is 0 Å². The summed E-state index contributed by atoms with van der Waals surface area (Å²) in [7, 11) is 1.79. The standard InChI is InChI=1S/C14H25N5O/c1-5-8-11-17-12(15-6-2)9-13(18-11)16-10-14(20)19(4)7-3/h9H,5-8,10H2,1-4H3,(H2,15,16,17,18). The Balaban J connectivity index is 2.74. The monoisotopic (exact) mass is 279 g/mol. The number of carbonyl (C=O) groups is 1. The van der Waals surface area contributed by atoms with E-state index in [0.29, 0.717) is 12.4 Å². The number of carbonyl (C=O) groups excluding carboxylic acids is 1. The zero-order valence-corrected chi connectivity index (χ0v) is 12.9. The number of aryl methyl sites for hydroxylation is 1. The molecule has 20 heavy (non-hydrogen) atoms. The van der Waals surface area contributed by atoms with Gasteiger partial charge in [0.25, 0.3) is 0 Å². The van der Waals surface area contributed by atoms with Crippen molar-refractivity contribution < 1.29 is 4.79 Å². The van der Waals surface area contributed by atoms with Gasteiger partial charge in [-0.1, -0.05) is 6.92 Å². The van der Waals surface area contributed by atoms with Crippen LogP contribution in [-0.2, 0) is 11.2 Å². The van der Waals surface area contributed by atoms with Crippen LogP contribution in [0.4, 0.5) is 11.6 Å². The average molecular weight is 279 g/mol. The Morgan fingerprint density at radius 3 is 2.40 bits per heavy atom. The van der Waals surface area contributed by atoms with Crippen molar-refractivity contribution in [2.75, 3.05) is 37.3 Å². The van der Waals surface area contributed by atoms with Crippen molar-refractivity contribution in [1.82, 2.24) is 14.9 Å². The van der Waals surface area contributed by atoms with Crippen LogP contribution in [0.3, 0.4) is 0 Å². The second-order valence-corrected chi connectivity index (χ2v) is 4.60. The summed E-state index contributed by atoms with van der Waals surface area (Å²) in [6, 6.07) is 1.84. The van der Waals surface area contributed by atoms with Gasteiger partial charge in [0.2, 0.25) is 5.91 Å². The van der Waals surface area contributed by atoms with E-state index in [9.17, 15) is 4.79 Å². The molecule has 1 heterocycles. The Labute approximate surface area is 121 Å². The van der Waals surface area contributed by atoms with Crippen LogP contribution in [0.1, 0.15) is 33.0 Å². The molecule has 0 saturated heterocycles. The summed E-state index contributed by atoms with van der Waals surface area (Å²) >= 11 is 0. The van der Waals surface area contributed by atoms with Crippen molar-refractivity contribution in [3.05, 3.63) is 11.9 Å². The van der Waals surface area contributed by atoms with E-state index in [-0.39, 0.29) is 12.5 Å². The maximum atomic E-state index is 11.8. The molecule has 0 aliphatic heterocycles.